The SMILES string of the molecule is COCCn1ccc2c(-n3c(-c4ccc(O)cc4O)n[nH]c3=S)cccc21. The molecule has 0 saturated carbocycles. The maximum Gasteiger partial charge on any atom is 0.200 e. The molecule has 0 radical (unpaired) electrons. The van der Waals surface area contributed by atoms with Crippen molar-refractivity contribution in [3.8, 4) is 28.6 Å². The van der Waals surface area contributed by atoms with Crippen LogP contribution in [0.3, 0.4) is 0 Å². The third-order valence-electron chi connectivity index (χ3n) is 4.46. The Hall–Kier alpha value is -3.10. The van der Waals surface area contributed by atoms with Gasteiger partial charge in [0.2, 0.25) is 0 Å². The van der Waals surface area contributed by atoms with Gasteiger partial charge in [0, 0.05) is 31.3 Å². The van der Waals surface area contributed by atoms with E-state index in [1.807, 2.05) is 30.5 Å². The Kier molecular flexibility index (Phi) is 4.43. The number of H-pyrrole nitrogens is 1. The van der Waals surface area contributed by atoms with Crippen LogP contribution in [0.25, 0.3) is 28.0 Å². The molecule has 4 rings (SSSR count). The van der Waals surface area contributed by atoms with Gasteiger partial charge < -0.3 is 19.5 Å². The Bertz CT molecular complexity index is 1180. The number of rotatable bonds is 5. The van der Waals surface area contributed by atoms with Gasteiger partial charge in [0.25, 0.3) is 0 Å². The number of aromatic amines is 1. The summed E-state index contributed by atoms with van der Waals surface area (Å²) in [5.41, 5.74) is 2.37. The summed E-state index contributed by atoms with van der Waals surface area (Å²) in [5, 5.41) is 27.9. The van der Waals surface area contributed by atoms with Gasteiger partial charge in [-0.2, -0.15) is 5.10 Å². The predicted octanol–water partition coefficient (Wildman–Crippen LogP) is 3.61. The molecule has 0 saturated heterocycles. The van der Waals surface area contributed by atoms with Crippen LogP contribution in [0.15, 0.2) is 48.7 Å². The van der Waals surface area contributed by atoms with Gasteiger partial charge in [-0.25, -0.2) is 0 Å². The summed E-state index contributed by atoms with van der Waals surface area (Å²) in [4.78, 5) is 0. The highest BCUT2D eigenvalue weighted by Gasteiger charge is 2.17. The third kappa shape index (κ3) is 2.98. The lowest BCUT2D eigenvalue weighted by atomic mass is 10.1. The Morgan fingerprint density at radius 3 is 2.81 bits per heavy atom. The topological polar surface area (TPSA) is 88.2 Å². The standard InChI is InChI=1S/C19H18N4O3S/c1-26-10-9-22-8-7-13-15(22)3-2-4-16(13)23-18(20-21-19(23)27)14-6-5-12(24)11-17(14)25/h2-8,11,24-25H,9-10H2,1H3,(H,21,27). The minimum Gasteiger partial charge on any atom is -0.508 e. The van der Waals surface area contributed by atoms with E-state index in [4.69, 9.17) is 17.0 Å². The van der Waals surface area contributed by atoms with Crippen molar-refractivity contribution >= 4 is 23.1 Å². The summed E-state index contributed by atoms with van der Waals surface area (Å²) in [6.07, 6.45) is 2.01. The van der Waals surface area contributed by atoms with E-state index in [1.165, 1.54) is 12.1 Å². The molecule has 2 aromatic carbocycles. The van der Waals surface area contributed by atoms with Crippen molar-refractivity contribution in [2.24, 2.45) is 0 Å². The summed E-state index contributed by atoms with van der Waals surface area (Å²) in [6, 6.07) is 12.4. The molecule has 0 spiro atoms. The van der Waals surface area contributed by atoms with E-state index in [2.05, 4.69) is 14.8 Å². The number of phenols is 2. The number of nitrogens with zero attached hydrogens (tertiary/aromatic N) is 3. The minimum atomic E-state index is -0.0740. The van der Waals surface area contributed by atoms with Crippen molar-refractivity contribution in [1.29, 1.82) is 0 Å². The number of hydrogen-bond acceptors (Lipinski definition) is 5. The molecule has 2 aromatic heterocycles. The summed E-state index contributed by atoms with van der Waals surface area (Å²) in [5.74, 6) is 0.374. The molecule has 27 heavy (non-hydrogen) atoms. The molecule has 0 unspecified atom stereocenters. The van der Waals surface area contributed by atoms with Gasteiger partial charge in [-0.15, -0.1) is 0 Å². The molecule has 3 N–H and O–H groups in total. The Morgan fingerprint density at radius 2 is 2.04 bits per heavy atom. The highest BCUT2D eigenvalue weighted by molar-refractivity contribution is 7.71. The number of phenolic OH excluding ortho intramolecular Hbond substituents is 2. The van der Waals surface area contributed by atoms with Crippen LogP contribution in [-0.4, -0.2) is 43.3 Å². The smallest absolute Gasteiger partial charge is 0.200 e. The van der Waals surface area contributed by atoms with E-state index in [0.29, 0.717) is 22.8 Å². The van der Waals surface area contributed by atoms with Crippen molar-refractivity contribution < 1.29 is 14.9 Å². The molecule has 8 heteroatoms. The lowest BCUT2D eigenvalue weighted by molar-refractivity contribution is 0.188. The first-order chi connectivity index (χ1) is 13.1. The highest BCUT2D eigenvalue weighted by atomic mass is 32.1. The van der Waals surface area contributed by atoms with Gasteiger partial charge in [-0.3, -0.25) is 9.67 Å². The predicted molar refractivity (Wildman–Crippen MR) is 105 cm³/mol. The zero-order chi connectivity index (χ0) is 19.0. The van der Waals surface area contributed by atoms with Crippen LogP contribution in [0.5, 0.6) is 11.5 Å². The fourth-order valence-electron chi connectivity index (χ4n) is 3.20. The minimum absolute atomic E-state index is 0.0192. The maximum absolute atomic E-state index is 10.3. The molecule has 2 heterocycles. The quantitative estimate of drug-likeness (QED) is 0.459. The molecule has 4 aromatic rings. The second-order valence-electron chi connectivity index (χ2n) is 6.10. The van der Waals surface area contributed by atoms with Crippen LogP contribution in [0.4, 0.5) is 0 Å². The fraction of sp³-hybridized carbons (Fsp3) is 0.158. The van der Waals surface area contributed by atoms with E-state index in [0.717, 1.165) is 23.1 Å². The monoisotopic (exact) mass is 382 g/mol. The van der Waals surface area contributed by atoms with Crippen LogP contribution < -0.4 is 0 Å². The average molecular weight is 382 g/mol. The van der Waals surface area contributed by atoms with Crippen LogP contribution in [0.1, 0.15) is 0 Å². The van der Waals surface area contributed by atoms with Crippen molar-refractivity contribution in [3.63, 3.8) is 0 Å². The van der Waals surface area contributed by atoms with Crippen LogP contribution >= 0.6 is 12.2 Å². The van der Waals surface area contributed by atoms with Gasteiger partial charge in [0.05, 0.1) is 23.4 Å². The Balaban J connectivity index is 1.91. The number of ether oxygens (including phenoxy) is 1. The summed E-state index contributed by atoms with van der Waals surface area (Å²) in [6.45, 7) is 1.36. The van der Waals surface area contributed by atoms with Gasteiger partial charge in [0.15, 0.2) is 10.6 Å². The highest BCUT2D eigenvalue weighted by Crippen LogP contribution is 2.34. The van der Waals surface area contributed by atoms with Crippen LogP contribution in [0.2, 0.25) is 0 Å². The molecule has 0 atom stereocenters. The molecule has 0 fully saturated rings. The van der Waals surface area contributed by atoms with E-state index in [1.54, 1.807) is 17.7 Å². The Labute approximate surface area is 160 Å². The first kappa shape index (κ1) is 17.3. The molecule has 0 amide bonds. The summed E-state index contributed by atoms with van der Waals surface area (Å²) >= 11 is 5.45. The van der Waals surface area contributed by atoms with E-state index in [-0.39, 0.29) is 11.5 Å². The lowest BCUT2D eigenvalue weighted by Gasteiger charge is -2.11. The number of aromatic hydroxyl groups is 2. The number of benzene rings is 2. The molecule has 138 valence electrons. The number of hydrogen-bond donors (Lipinski definition) is 3. The third-order valence-corrected chi connectivity index (χ3v) is 4.74. The number of fused-ring (bicyclic) bond motifs is 1. The van der Waals surface area contributed by atoms with Crippen molar-refractivity contribution in [3.05, 3.63) is 53.4 Å². The molecular formula is C19H18N4O3S. The molecule has 0 aliphatic heterocycles. The van der Waals surface area contributed by atoms with Crippen LogP contribution in [-0.2, 0) is 11.3 Å². The lowest BCUT2D eigenvalue weighted by Crippen LogP contribution is -2.03. The zero-order valence-electron chi connectivity index (χ0n) is 14.6. The Morgan fingerprint density at radius 1 is 1.19 bits per heavy atom. The zero-order valence-corrected chi connectivity index (χ0v) is 15.4. The van der Waals surface area contributed by atoms with Crippen molar-refractivity contribution in [1.82, 2.24) is 19.3 Å². The first-order valence-corrected chi connectivity index (χ1v) is 8.78. The number of aromatic nitrogens is 4. The molecule has 0 aliphatic rings. The van der Waals surface area contributed by atoms with Gasteiger partial charge in [-0.05, 0) is 42.5 Å². The number of methoxy groups -OCH3 is 1. The molecule has 0 aliphatic carbocycles. The van der Waals surface area contributed by atoms with Gasteiger partial charge in [-0.1, -0.05) is 6.07 Å². The fourth-order valence-corrected chi connectivity index (χ4v) is 3.43. The second kappa shape index (κ2) is 6.90. The van der Waals surface area contributed by atoms with Crippen LogP contribution in [0, 0.1) is 4.77 Å². The first-order valence-electron chi connectivity index (χ1n) is 8.37. The second-order valence-corrected chi connectivity index (χ2v) is 6.49. The van der Waals surface area contributed by atoms with E-state index in [9.17, 15) is 10.2 Å². The van der Waals surface area contributed by atoms with E-state index < -0.39 is 0 Å². The van der Waals surface area contributed by atoms with E-state index >= 15 is 0 Å². The maximum atomic E-state index is 10.3. The largest absolute Gasteiger partial charge is 0.508 e. The molecule has 0 bridgehead atoms. The number of nitrogens with one attached hydrogen (secondary N) is 1. The summed E-state index contributed by atoms with van der Waals surface area (Å²) < 4.78 is 9.49. The van der Waals surface area contributed by atoms with Crippen molar-refractivity contribution in [2.75, 3.05) is 13.7 Å². The molecular weight excluding hydrogens is 364 g/mol. The molecule has 7 nitrogen and oxygen atoms in total. The normalized spacial score (nSPS) is 11.3. The average Bonchev–Trinajstić information content (AvgIpc) is 3.23. The van der Waals surface area contributed by atoms with Crippen molar-refractivity contribution in [2.45, 2.75) is 6.54 Å². The van der Waals surface area contributed by atoms with Gasteiger partial charge in [0.1, 0.15) is 11.5 Å². The van der Waals surface area contributed by atoms with Gasteiger partial charge >= 0.3 is 0 Å². The summed E-state index contributed by atoms with van der Waals surface area (Å²) in [7, 11) is 1.68.